The van der Waals surface area contributed by atoms with Crippen LogP contribution in [0.1, 0.15) is 11.4 Å². The highest BCUT2D eigenvalue weighted by Gasteiger charge is 2.14. The molecule has 0 aliphatic heterocycles. The number of H-pyrrole nitrogens is 1. The zero-order chi connectivity index (χ0) is 19.5. The molecule has 0 radical (unpaired) electrons. The van der Waals surface area contributed by atoms with Gasteiger partial charge in [-0.15, -0.1) is 16.8 Å². The Bertz CT molecular complexity index is 1190. The first-order valence-corrected chi connectivity index (χ1v) is 9.86. The van der Waals surface area contributed by atoms with Crippen molar-refractivity contribution in [3.8, 4) is 11.4 Å². The Hall–Kier alpha value is -3.19. The number of hydrogen-bond acceptors (Lipinski definition) is 5. The highest BCUT2D eigenvalue weighted by Crippen LogP contribution is 2.26. The Kier molecular flexibility index (Phi) is 5.08. The third-order valence-electron chi connectivity index (χ3n) is 4.34. The standard InChI is InChI=1S/C21H19N5OS/c1-3-12-26-19(15-10-8-14(2)9-11-15)24-25-21(26)28-13-18-22-17-7-5-4-6-16(17)20(27)23-18/h3-11H,1,12-13H2,2H3,(H,22,23,27). The number of rotatable bonds is 6. The van der Waals surface area contributed by atoms with Crippen LogP contribution in [0.5, 0.6) is 0 Å². The summed E-state index contributed by atoms with van der Waals surface area (Å²) in [6, 6.07) is 15.5. The smallest absolute Gasteiger partial charge is 0.258 e. The molecule has 0 atom stereocenters. The summed E-state index contributed by atoms with van der Waals surface area (Å²) in [4.78, 5) is 19.6. The molecule has 0 unspecified atom stereocenters. The predicted molar refractivity (Wildman–Crippen MR) is 112 cm³/mol. The molecule has 2 aromatic carbocycles. The molecule has 140 valence electrons. The van der Waals surface area contributed by atoms with E-state index in [2.05, 4.69) is 45.8 Å². The van der Waals surface area contributed by atoms with Gasteiger partial charge in [0, 0.05) is 12.1 Å². The molecule has 0 fully saturated rings. The summed E-state index contributed by atoms with van der Waals surface area (Å²) in [5, 5.41) is 10.1. The van der Waals surface area contributed by atoms with Gasteiger partial charge in [0.2, 0.25) is 0 Å². The summed E-state index contributed by atoms with van der Waals surface area (Å²) >= 11 is 1.48. The summed E-state index contributed by atoms with van der Waals surface area (Å²) in [6.45, 7) is 6.49. The van der Waals surface area contributed by atoms with Gasteiger partial charge >= 0.3 is 0 Å². The maximum absolute atomic E-state index is 12.2. The van der Waals surface area contributed by atoms with Crippen molar-refractivity contribution in [2.75, 3.05) is 0 Å². The molecular weight excluding hydrogens is 370 g/mol. The monoisotopic (exact) mass is 389 g/mol. The SMILES string of the molecule is C=CCn1c(SCc2nc3ccccc3c(=O)[nH]2)nnc1-c1ccc(C)cc1. The summed E-state index contributed by atoms with van der Waals surface area (Å²) in [7, 11) is 0. The number of aromatic nitrogens is 5. The van der Waals surface area contributed by atoms with Gasteiger partial charge in [0.05, 0.1) is 16.7 Å². The second kappa shape index (κ2) is 7.82. The summed E-state index contributed by atoms with van der Waals surface area (Å²) in [5.74, 6) is 1.89. The summed E-state index contributed by atoms with van der Waals surface area (Å²) < 4.78 is 2.02. The third kappa shape index (κ3) is 3.61. The first kappa shape index (κ1) is 18.2. The van der Waals surface area contributed by atoms with Crippen molar-refractivity contribution in [2.45, 2.75) is 24.4 Å². The van der Waals surface area contributed by atoms with E-state index in [0.717, 1.165) is 16.5 Å². The lowest BCUT2D eigenvalue weighted by molar-refractivity contribution is 0.730. The largest absolute Gasteiger partial charge is 0.309 e. The predicted octanol–water partition coefficient (Wildman–Crippen LogP) is 3.97. The molecule has 7 heteroatoms. The lowest BCUT2D eigenvalue weighted by atomic mass is 10.1. The fourth-order valence-corrected chi connectivity index (χ4v) is 3.76. The highest BCUT2D eigenvalue weighted by atomic mass is 32.2. The average Bonchev–Trinajstić information content (AvgIpc) is 3.10. The van der Waals surface area contributed by atoms with E-state index in [-0.39, 0.29) is 5.56 Å². The molecular formula is C21H19N5OS. The number of hydrogen-bond donors (Lipinski definition) is 1. The number of nitrogens with zero attached hydrogens (tertiary/aromatic N) is 4. The lowest BCUT2D eigenvalue weighted by Gasteiger charge is -2.08. The fraction of sp³-hybridized carbons (Fsp3) is 0.143. The molecule has 28 heavy (non-hydrogen) atoms. The minimum absolute atomic E-state index is 0.130. The fourth-order valence-electron chi connectivity index (χ4n) is 2.94. The molecule has 2 aromatic heterocycles. The normalized spacial score (nSPS) is 11.0. The van der Waals surface area contributed by atoms with Gasteiger partial charge in [-0.05, 0) is 19.1 Å². The molecule has 0 aliphatic rings. The van der Waals surface area contributed by atoms with E-state index < -0.39 is 0 Å². The number of nitrogens with one attached hydrogen (secondary N) is 1. The number of para-hydroxylation sites is 1. The first-order valence-electron chi connectivity index (χ1n) is 8.87. The molecule has 4 rings (SSSR count). The van der Waals surface area contributed by atoms with Crippen molar-refractivity contribution >= 4 is 22.7 Å². The zero-order valence-corrected chi connectivity index (χ0v) is 16.2. The molecule has 0 bridgehead atoms. The molecule has 0 saturated carbocycles. The number of thioether (sulfide) groups is 1. The van der Waals surface area contributed by atoms with Crippen LogP contribution in [0.15, 0.2) is 71.1 Å². The summed E-state index contributed by atoms with van der Waals surface area (Å²) in [6.07, 6.45) is 1.82. The van der Waals surface area contributed by atoms with Crippen LogP contribution in [0.4, 0.5) is 0 Å². The van der Waals surface area contributed by atoms with Crippen LogP contribution in [0.25, 0.3) is 22.3 Å². The minimum atomic E-state index is -0.130. The van der Waals surface area contributed by atoms with E-state index >= 15 is 0 Å². The second-order valence-electron chi connectivity index (χ2n) is 6.39. The Balaban J connectivity index is 1.62. The van der Waals surface area contributed by atoms with Crippen LogP contribution in [0.3, 0.4) is 0 Å². The minimum Gasteiger partial charge on any atom is -0.309 e. The van der Waals surface area contributed by atoms with Crippen LogP contribution in [0, 0.1) is 6.92 Å². The van der Waals surface area contributed by atoms with Crippen molar-refractivity contribution in [3.05, 3.63) is 82.9 Å². The van der Waals surface area contributed by atoms with Crippen LogP contribution < -0.4 is 5.56 Å². The first-order chi connectivity index (χ1) is 13.7. The van der Waals surface area contributed by atoms with E-state index in [1.54, 1.807) is 6.07 Å². The number of aromatic amines is 1. The van der Waals surface area contributed by atoms with E-state index in [1.165, 1.54) is 17.3 Å². The van der Waals surface area contributed by atoms with Gasteiger partial charge in [0.15, 0.2) is 11.0 Å². The van der Waals surface area contributed by atoms with Crippen molar-refractivity contribution in [1.82, 2.24) is 24.7 Å². The van der Waals surface area contributed by atoms with Crippen molar-refractivity contribution in [1.29, 1.82) is 0 Å². The van der Waals surface area contributed by atoms with E-state index in [1.807, 2.05) is 41.0 Å². The van der Waals surface area contributed by atoms with Gasteiger partial charge < -0.3 is 4.98 Å². The maximum Gasteiger partial charge on any atom is 0.258 e. The van der Waals surface area contributed by atoms with Crippen LogP contribution in [-0.4, -0.2) is 24.7 Å². The molecule has 0 aliphatic carbocycles. The quantitative estimate of drug-likeness (QED) is 0.399. The van der Waals surface area contributed by atoms with E-state index in [4.69, 9.17) is 0 Å². The number of allylic oxidation sites excluding steroid dienone is 1. The van der Waals surface area contributed by atoms with E-state index in [9.17, 15) is 4.79 Å². The molecule has 0 saturated heterocycles. The second-order valence-corrected chi connectivity index (χ2v) is 7.33. The van der Waals surface area contributed by atoms with Crippen molar-refractivity contribution in [2.24, 2.45) is 0 Å². The van der Waals surface area contributed by atoms with Crippen LogP contribution in [-0.2, 0) is 12.3 Å². The Morgan fingerprint density at radius 3 is 2.71 bits per heavy atom. The van der Waals surface area contributed by atoms with Gasteiger partial charge in [-0.2, -0.15) is 0 Å². The lowest BCUT2D eigenvalue weighted by Crippen LogP contribution is -2.11. The van der Waals surface area contributed by atoms with Gasteiger partial charge in [0.25, 0.3) is 5.56 Å². The molecule has 6 nitrogen and oxygen atoms in total. The van der Waals surface area contributed by atoms with Gasteiger partial charge in [-0.25, -0.2) is 4.98 Å². The van der Waals surface area contributed by atoms with Crippen molar-refractivity contribution < 1.29 is 0 Å². The van der Waals surface area contributed by atoms with Crippen LogP contribution in [0.2, 0.25) is 0 Å². The van der Waals surface area contributed by atoms with Crippen molar-refractivity contribution in [3.63, 3.8) is 0 Å². The third-order valence-corrected chi connectivity index (χ3v) is 5.32. The molecule has 0 amide bonds. The summed E-state index contributed by atoms with van der Waals surface area (Å²) in [5.41, 5.74) is 2.76. The molecule has 2 heterocycles. The molecule has 4 aromatic rings. The number of aryl methyl sites for hydroxylation is 1. The van der Waals surface area contributed by atoms with Gasteiger partial charge in [0.1, 0.15) is 5.82 Å². The number of benzene rings is 2. The Morgan fingerprint density at radius 1 is 1.14 bits per heavy atom. The van der Waals surface area contributed by atoms with Gasteiger partial charge in [-0.1, -0.05) is 59.8 Å². The van der Waals surface area contributed by atoms with Gasteiger partial charge in [-0.3, -0.25) is 9.36 Å². The Morgan fingerprint density at radius 2 is 1.93 bits per heavy atom. The number of fused-ring (bicyclic) bond motifs is 1. The highest BCUT2D eigenvalue weighted by molar-refractivity contribution is 7.98. The molecule has 0 spiro atoms. The topological polar surface area (TPSA) is 76.5 Å². The zero-order valence-electron chi connectivity index (χ0n) is 15.4. The van der Waals surface area contributed by atoms with E-state index in [0.29, 0.717) is 29.0 Å². The maximum atomic E-state index is 12.2. The Labute approximate surface area is 166 Å². The molecule has 1 N–H and O–H groups in total. The van der Waals surface area contributed by atoms with Crippen LogP contribution >= 0.6 is 11.8 Å². The average molecular weight is 389 g/mol.